The molecule has 1 aromatic rings. The zero-order valence-electron chi connectivity index (χ0n) is 11.0. The molecule has 1 fully saturated rings. The van der Waals surface area contributed by atoms with Crippen LogP contribution in [0.3, 0.4) is 0 Å². The van der Waals surface area contributed by atoms with Crippen molar-refractivity contribution in [1.82, 2.24) is 15.2 Å². The molecule has 2 unspecified atom stereocenters. The molecule has 0 radical (unpaired) electrons. The van der Waals surface area contributed by atoms with Crippen LogP contribution in [-0.2, 0) is 0 Å². The molecule has 0 bridgehead atoms. The van der Waals surface area contributed by atoms with Crippen molar-refractivity contribution < 1.29 is 0 Å². The van der Waals surface area contributed by atoms with Crippen molar-refractivity contribution in [2.75, 3.05) is 13.1 Å². The number of piperidine rings is 1. The number of nitrogens with one attached hydrogen (secondary N) is 1. The quantitative estimate of drug-likeness (QED) is 0.894. The van der Waals surface area contributed by atoms with Gasteiger partial charge in [-0.2, -0.15) is 0 Å². The molecule has 1 saturated heterocycles. The first-order valence-electron chi connectivity index (χ1n) is 6.56. The second kappa shape index (κ2) is 5.94. The van der Waals surface area contributed by atoms with Gasteiger partial charge in [0.1, 0.15) is 5.01 Å². The first-order chi connectivity index (χ1) is 8.16. The standard InChI is InChI=1S/C13H23N3S/c1-10(2)15-12-5-4-7-16(9-12)11(3)13-14-6-8-17-13/h6,8,10-12,15H,4-5,7,9H2,1-3H3. The maximum absolute atomic E-state index is 4.43. The van der Waals surface area contributed by atoms with Gasteiger partial charge < -0.3 is 5.32 Å². The van der Waals surface area contributed by atoms with Gasteiger partial charge in [0, 0.05) is 30.2 Å². The van der Waals surface area contributed by atoms with E-state index in [1.165, 1.54) is 24.4 Å². The Morgan fingerprint density at radius 2 is 2.29 bits per heavy atom. The predicted molar refractivity (Wildman–Crippen MR) is 73.4 cm³/mol. The molecule has 0 spiro atoms. The minimum absolute atomic E-state index is 0.465. The molecule has 1 N–H and O–H groups in total. The van der Waals surface area contributed by atoms with Crippen LogP contribution in [0.5, 0.6) is 0 Å². The summed E-state index contributed by atoms with van der Waals surface area (Å²) < 4.78 is 0. The maximum atomic E-state index is 4.43. The second-order valence-corrected chi connectivity index (χ2v) is 6.13. The minimum Gasteiger partial charge on any atom is -0.311 e. The Balaban J connectivity index is 1.92. The highest BCUT2D eigenvalue weighted by Crippen LogP contribution is 2.25. The number of rotatable bonds is 4. The molecule has 1 aliphatic rings. The Bertz CT molecular complexity index is 323. The van der Waals surface area contributed by atoms with Crippen LogP contribution < -0.4 is 5.32 Å². The van der Waals surface area contributed by atoms with E-state index in [1.54, 1.807) is 11.3 Å². The van der Waals surface area contributed by atoms with E-state index in [4.69, 9.17) is 0 Å². The van der Waals surface area contributed by atoms with Gasteiger partial charge in [-0.3, -0.25) is 4.90 Å². The summed E-state index contributed by atoms with van der Waals surface area (Å²) in [6.07, 6.45) is 4.50. The van der Waals surface area contributed by atoms with E-state index < -0.39 is 0 Å². The van der Waals surface area contributed by atoms with Crippen molar-refractivity contribution >= 4 is 11.3 Å². The summed E-state index contributed by atoms with van der Waals surface area (Å²) in [6.45, 7) is 9.08. The Labute approximate surface area is 108 Å². The van der Waals surface area contributed by atoms with Crippen LogP contribution in [0.1, 0.15) is 44.7 Å². The van der Waals surface area contributed by atoms with Crippen molar-refractivity contribution in [3.63, 3.8) is 0 Å². The van der Waals surface area contributed by atoms with Crippen LogP contribution in [0.25, 0.3) is 0 Å². The van der Waals surface area contributed by atoms with Crippen molar-refractivity contribution in [3.05, 3.63) is 16.6 Å². The van der Waals surface area contributed by atoms with E-state index in [9.17, 15) is 0 Å². The highest BCUT2D eigenvalue weighted by atomic mass is 32.1. The van der Waals surface area contributed by atoms with Crippen molar-refractivity contribution in [2.45, 2.75) is 51.7 Å². The fourth-order valence-electron chi connectivity index (χ4n) is 2.56. The summed E-state index contributed by atoms with van der Waals surface area (Å²) in [7, 11) is 0. The number of nitrogens with zero attached hydrogens (tertiary/aromatic N) is 2. The van der Waals surface area contributed by atoms with Gasteiger partial charge in [-0.05, 0) is 26.3 Å². The Hall–Kier alpha value is -0.450. The molecule has 4 heteroatoms. The van der Waals surface area contributed by atoms with E-state index in [0.29, 0.717) is 18.1 Å². The third kappa shape index (κ3) is 3.50. The molecule has 17 heavy (non-hydrogen) atoms. The predicted octanol–water partition coefficient (Wildman–Crippen LogP) is 2.67. The summed E-state index contributed by atoms with van der Waals surface area (Å²) in [5, 5.41) is 6.97. The van der Waals surface area contributed by atoms with E-state index in [1.807, 2.05) is 6.20 Å². The lowest BCUT2D eigenvalue weighted by Gasteiger charge is -2.37. The van der Waals surface area contributed by atoms with Crippen molar-refractivity contribution in [1.29, 1.82) is 0 Å². The topological polar surface area (TPSA) is 28.2 Å². The molecule has 0 aromatic carbocycles. The Kier molecular flexibility index (Phi) is 4.54. The molecule has 2 atom stereocenters. The summed E-state index contributed by atoms with van der Waals surface area (Å²) in [4.78, 5) is 6.99. The zero-order chi connectivity index (χ0) is 12.3. The van der Waals surface area contributed by atoms with Crippen LogP contribution in [0.2, 0.25) is 0 Å². The molecule has 0 saturated carbocycles. The molecule has 0 aliphatic carbocycles. The van der Waals surface area contributed by atoms with E-state index >= 15 is 0 Å². The summed E-state index contributed by atoms with van der Waals surface area (Å²) in [5.74, 6) is 0. The molecule has 1 aromatic heterocycles. The highest BCUT2D eigenvalue weighted by Gasteiger charge is 2.25. The van der Waals surface area contributed by atoms with Gasteiger partial charge >= 0.3 is 0 Å². The number of hydrogen-bond donors (Lipinski definition) is 1. The average molecular weight is 253 g/mol. The van der Waals surface area contributed by atoms with Crippen LogP contribution in [0.4, 0.5) is 0 Å². The fraction of sp³-hybridized carbons (Fsp3) is 0.769. The lowest BCUT2D eigenvalue weighted by molar-refractivity contribution is 0.142. The third-order valence-electron chi connectivity index (χ3n) is 3.38. The molecular formula is C13H23N3S. The van der Waals surface area contributed by atoms with Gasteiger partial charge in [-0.1, -0.05) is 13.8 Å². The molecular weight excluding hydrogens is 230 g/mol. The molecule has 3 nitrogen and oxygen atoms in total. The van der Waals surface area contributed by atoms with Crippen LogP contribution in [-0.4, -0.2) is 35.1 Å². The zero-order valence-corrected chi connectivity index (χ0v) is 11.8. The lowest BCUT2D eigenvalue weighted by Crippen LogP contribution is -2.48. The summed E-state index contributed by atoms with van der Waals surface area (Å²) in [6, 6.07) is 1.69. The third-order valence-corrected chi connectivity index (χ3v) is 4.32. The maximum Gasteiger partial charge on any atom is 0.109 e. The van der Waals surface area contributed by atoms with Gasteiger partial charge in [-0.15, -0.1) is 11.3 Å². The molecule has 1 aliphatic heterocycles. The first kappa shape index (κ1) is 13.0. The summed E-state index contributed by atoms with van der Waals surface area (Å²) >= 11 is 1.77. The van der Waals surface area contributed by atoms with Gasteiger partial charge in [-0.25, -0.2) is 4.98 Å². The largest absolute Gasteiger partial charge is 0.311 e. The van der Waals surface area contributed by atoms with Crippen molar-refractivity contribution in [2.24, 2.45) is 0 Å². The van der Waals surface area contributed by atoms with Crippen molar-refractivity contribution in [3.8, 4) is 0 Å². The number of aromatic nitrogens is 1. The fourth-order valence-corrected chi connectivity index (χ4v) is 3.29. The molecule has 2 heterocycles. The first-order valence-corrected chi connectivity index (χ1v) is 7.44. The molecule has 96 valence electrons. The molecule has 0 amide bonds. The van der Waals surface area contributed by atoms with Crippen LogP contribution in [0.15, 0.2) is 11.6 Å². The Morgan fingerprint density at radius 1 is 1.47 bits per heavy atom. The highest BCUT2D eigenvalue weighted by molar-refractivity contribution is 7.09. The number of hydrogen-bond acceptors (Lipinski definition) is 4. The van der Waals surface area contributed by atoms with Gasteiger partial charge in [0.05, 0.1) is 6.04 Å². The Morgan fingerprint density at radius 3 is 2.94 bits per heavy atom. The smallest absolute Gasteiger partial charge is 0.109 e. The number of likely N-dealkylation sites (tertiary alicyclic amines) is 1. The second-order valence-electron chi connectivity index (χ2n) is 5.20. The number of thiazole rings is 1. The summed E-state index contributed by atoms with van der Waals surface area (Å²) in [5.41, 5.74) is 0. The van der Waals surface area contributed by atoms with Gasteiger partial charge in [0.2, 0.25) is 0 Å². The molecule has 2 rings (SSSR count). The van der Waals surface area contributed by atoms with Crippen LogP contribution >= 0.6 is 11.3 Å². The van der Waals surface area contributed by atoms with Gasteiger partial charge in [0.25, 0.3) is 0 Å². The van der Waals surface area contributed by atoms with Crippen LogP contribution in [0, 0.1) is 0 Å². The SMILES string of the molecule is CC(C)NC1CCCN(C(C)c2nccs2)C1. The monoisotopic (exact) mass is 253 g/mol. The van der Waals surface area contributed by atoms with E-state index in [-0.39, 0.29) is 0 Å². The average Bonchev–Trinajstić information content (AvgIpc) is 2.81. The normalized spacial score (nSPS) is 24.1. The van der Waals surface area contributed by atoms with E-state index in [0.717, 1.165) is 6.54 Å². The minimum atomic E-state index is 0.465. The lowest BCUT2D eigenvalue weighted by atomic mass is 10.0. The van der Waals surface area contributed by atoms with E-state index in [2.05, 4.69) is 41.4 Å². The van der Waals surface area contributed by atoms with Gasteiger partial charge in [0.15, 0.2) is 0 Å².